The number of hydrogen-bond acceptors (Lipinski definition) is 2. The van der Waals surface area contributed by atoms with E-state index in [9.17, 15) is 0 Å². The van der Waals surface area contributed by atoms with Crippen LogP contribution in [-0.4, -0.2) is 0 Å². The van der Waals surface area contributed by atoms with Crippen LogP contribution in [0.5, 0.6) is 0 Å². The van der Waals surface area contributed by atoms with Gasteiger partial charge in [-0.1, -0.05) is 195 Å². The second-order valence-corrected chi connectivity index (χ2v) is 22.7. The van der Waals surface area contributed by atoms with Gasteiger partial charge in [-0.05, 0) is 136 Å². The molecule has 0 fully saturated rings. The van der Waals surface area contributed by atoms with Crippen LogP contribution in [0, 0.1) is 0 Å². The summed E-state index contributed by atoms with van der Waals surface area (Å²) in [6.45, 7) is 18.9. The molecule has 13 rings (SSSR count). The first-order valence-electron chi connectivity index (χ1n) is 23.7. The van der Waals surface area contributed by atoms with E-state index in [2.05, 4.69) is 236 Å². The van der Waals surface area contributed by atoms with Gasteiger partial charge in [-0.15, -0.1) is 11.3 Å². The molecular formula is C64H53NS. The van der Waals surface area contributed by atoms with E-state index in [4.69, 9.17) is 0 Å². The number of rotatable bonds is 3. The number of fused-ring (bicyclic) bond motifs is 18. The SMILES string of the molecule is CC(C)(C)c1ccc2c(c1)C1(c3ccccc3-c3ccc(N(c4ccc5c(c4)C(C)(C)c4ccccc4-5)c4cccc5c4sc4ccc6ccccc6c45)cc31)c1cc(C(C)(C)C)ccc1-2. The second-order valence-electron chi connectivity index (χ2n) is 21.7. The monoisotopic (exact) mass is 867 g/mol. The zero-order valence-corrected chi connectivity index (χ0v) is 39.9. The van der Waals surface area contributed by atoms with Crippen LogP contribution in [0.4, 0.5) is 17.1 Å². The van der Waals surface area contributed by atoms with Gasteiger partial charge in [0.2, 0.25) is 0 Å². The standard InChI is InChI=1S/C64H53NS/c1-61(2,3)39-25-29-47-48-30-26-40(62(4,5)6)35-55(48)64(54(47)34-39)52-22-14-12-19-45(52)49-32-28-42(37-56(49)64)65(41-27-31-46-44-18-11-13-21-51(44)63(7,8)53(46)36-41)57-23-15-20-50-59-43-17-10-9-16-38(43)24-33-58(59)66-60(50)57/h9-37H,1-8H3. The Labute approximate surface area is 393 Å². The van der Waals surface area contributed by atoms with E-state index in [1.165, 1.54) is 120 Å². The molecule has 0 bridgehead atoms. The summed E-state index contributed by atoms with van der Waals surface area (Å²) in [5.41, 5.74) is 21.8. The molecular weight excluding hydrogens is 815 g/mol. The highest BCUT2D eigenvalue weighted by Crippen LogP contribution is 2.64. The van der Waals surface area contributed by atoms with Crippen molar-refractivity contribution in [2.75, 3.05) is 4.90 Å². The topological polar surface area (TPSA) is 3.24 Å². The smallest absolute Gasteiger partial charge is 0.0726 e. The molecule has 0 N–H and O–H groups in total. The van der Waals surface area contributed by atoms with Crippen molar-refractivity contribution >= 4 is 59.3 Å². The quantitative estimate of drug-likeness (QED) is 0.171. The van der Waals surface area contributed by atoms with Gasteiger partial charge in [0, 0.05) is 32.3 Å². The third-order valence-corrected chi connectivity index (χ3v) is 16.8. The van der Waals surface area contributed by atoms with Gasteiger partial charge in [0.15, 0.2) is 0 Å². The summed E-state index contributed by atoms with van der Waals surface area (Å²) in [5.74, 6) is 0. The van der Waals surface area contributed by atoms with Crippen LogP contribution in [0.15, 0.2) is 176 Å². The highest BCUT2D eigenvalue weighted by molar-refractivity contribution is 7.26. The van der Waals surface area contributed by atoms with Gasteiger partial charge in [-0.25, -0.2) is 0 Å². The summed E-state index contributed by atoms with van der Waals surface area (Å²) in [6, 6.07) is 68.1. The Kier molecular flexibility index (Phi) is 8.06. The Morgan fingerprint density at radius 1 is 0.409 bits per heavy atom. The lowest BCUT2D eigenvalue weighted by atomic mass is 9.68. The molecule has 1 heterocycles. The number of thiophene rings is 1. The summed E-state index contributed by atoms with van der Waals surface area (Å²) in [6.07, 6.45) is 0. The average molecular weight is 868 g/mol. The molecule has 0 unspecified atom stereocenters. The summed E-state index contributed by atoms with van der Waals surface area (Å²) in [5, 5.41) is 5.22. The van der Waals surface area contributed by atoms with Gasteiger partial charge in [0.25, 0.3) is 0 Å². The van der Waals surface area contributed by atoms with E-state index in [0.29, 0.717) is 0 Å². The Bertz CT molecular complexity index is 3650. The summed E-state index contributed by atoms with van der Waals surface area (Å²) >= 11 is 1.92. The summed E-state index contributed by atoms with van der Waals surface area (Å²) < 4.78 is 2.61. The van der Waals surface area contributed by atoms with Crippen molar-refractivity contribution < 1.29 is 0 Å². The molecule has 0 aliphatic heterocycles. The van der Waals surface area contributed by atoms with Crippen LogP contribution in [0.1, 0.15) is 99.9 Å². The Morgan fingerprint density at radius 3 is 1.56 bits per heavy atom. The van der Waals surface area contributed by atoms with Crippen molar-refractivity contribution in [3.05, 3.63) is 220 Å². The van der Waals surface area contributed by atoms with Crippen molar-refractivity contribution in [2.45, 2.75) is 77.0 Å². The van der Waals surface area contributed by atoms with Crippen molar-refractivity contribution in [3.8, 4) is 33.4 Å². The summed E-state index contributed by atoms with van der Waals surface area (Å²) in [7, 11) is 0. The van der Waals surface area contributed by atoms with Crippen molar-refractivity contribution in [1.82, 2.24) is 0 Å². The predicted molar refractivity (Wildman–Crippen MR) is 283 cm³/mol. The molecule has 0 atom stereocenters. The van der Waals surface area contributed by atoms with Crippen LogP contribution < -0.4 is 4.90 Å². The molecule has 1 nitrogen and oxygen atoms in total. The third-order valence-electron chi connectivity index (χ3n) is 15.6. The van der Waals surface area contributed by atoms with Crippen LogP contribution in [0.2, 0.25) is 0 Å². The summed E-state index contributed by atoms with van der Waals surface area (Å²) in [4.78, 5) is 2.59. The van der Waals surface area contributed by atoms with Crippen molar-refractivity contribution in [3.63, 3.8) is 0 Å². The molecule has 0 saturated carbocycles. The maximum Gasteiger partial charge on any atom is 0.0726 e. The van der Waals surface area contributed by atoms with Crippen molar-refractivity contribution in [2.24, 2.45) is 0 Å². The molecule has 10 aromatic rings. The van der Waals surface area contributed by atoms with Gasteiger partial charge in [0.05, 0.1) is 15.8 Å². The second kappa shape index (κ2) is 13.4. The maximum absolute atomic E-state index is 2.59. The number of benzene rings is 9. The lowest BCUT2D eigenvalue weighted by molar-refractivity contribution is 0.586. The normalized spacial score (nSPS) is 14.9. The first kappa shape index (κ1) is 39.6. The van der Waals surface area contributed by atoms with Gasteiger partial charge in [0.1, 0.15) is 0 Å². The molecule has 3 aliphatic rings. The first-order valence-corrected chi connectivity index (χ1v) is 24.5. The molecule has 9 aromatic carbocycles. The molecule has 1 aromatic heterocycles. The Morgan fingerprint density at radius 2 is 0.909 bits per heavy atom. The molecule has 2 heteroatoms. The maximum atomic E-state index is 2.59. The zero-order chi connectivity index (χ0) is 45.1. The molecule has 320 valence electrons. The minimum atomic E-state index is -0.509. The Balaban J connectivity index is 1.12. The number of anilines is 3. The first-order chi connectivity index (χ1) is 31.7. The highest BCUT2D eigenvalue weighted by atomic mass is 32.1. The van der Waals surface area contributed by atoms with Crippen LogP contribution in [0.25, 0.3) is 64.3 Å². The molecule has 66 heavy (non-hydrogen) atoms. The fourth-order valence-electron chi connectivity index (χ4n) is 12.2. The minimum absolute atomic E-state index is 0.0174. The molecule has 1 spiro atoms. The van der Waals surface area contributed by atoms with Crippen molar-refractivity contribution in [1.29, 1.82) is 0 Å². The number of nitrogens with zero attached hydrogens (tertiary/aromatic N) is 1. The highest BCUT2D eigenvalue weighted by Gasteiger charge is 2.52. The van der Waals surface area contributed by atoms with Gasteiger partial charge >= 0.3 is 0 Å². The lowest BCUT2D eigenvalue weighted by Gasteiger charge is -2.34. The predicted octanol–water partition coefficient (Wildman–Crippen LogP) is 17.9. The van der Waals surface area contributed by atoms with Gasteiger partial charge in [-0.3, -0.25) is 0 Å². The molecule has 3 aliphatic carbocycles. The van der Waals surface area contributed by atoms with E-state index < -0.39 is 5.41 Å². The number of hydrogen-bond donors (Lipinski definition) is 0. The average Bonchev–Trinajstić information content (AvgIpc) is 4.01. The largest absolute Gasteiger partial charge is 0.309 e. The van der Waals surface area contributed by atoms with E-state index in [-0.39, 0.29) is 16.2 Å². The zero-order valence-electron chi connectivity index (χ0n) is 39.1. The molecule has 0 saturated heterocycles. The fourth-order valence-corrected chi connectivity index (χ4v) is 13.5. The molecule has 0 radical (unpaired) electrons. The third kappa shape index (κ3) is 5.28. The van der Waals surface area contributed by atoms with Gasteiger partial charge < -0.3 is 4.90 Å². The van der Waals surface area contributed by atoms with Crippen LogP contribution >= 0.6 is 11.3 Å². The fraction of sp³-hybridized carbons (Fsp3) is 0.188. The van der Waals surface area contributed by atoms with E-state index in [1.54, 1.807) is 0 Å². The Hall–Kier alpha value is -6.74. The van der Waals surface area contributed by atoms with E-state index in [0.717, 1.165) is 5.69 Å². The minimum Gasteiger partial charge on any atom is -0.309 e. The van der Waals surface area contributed by atoms with Crippen LogP contribution in [0.3, 0.4) is 0 Å². The van der Waals surface area contributed by atoms with Crippen LogP contribution in [-0.2, 0) is 21.7 Å². The van der Waals surface area contributed by atoms with Gasteiger partial charge in [-0.2, -0.15) is 0 Å². The van der Waals surface area contributed by atoms with E-state index >= 15 is 0 Å². The van der Waals surface area contributed by atoms with E-state index in [1.807, 2.05) is 11.3 Å². The lowest BCUT2D eigenvalue weighted by Crippen LogP contribution is -2.27. The molecule has 0 amide bonds.